The standard InChI is InChI=1S/C43H62N6O12/c1-10-23(4)32-39(55)48-35(28-16-18-29(60-9)19-17-28)42(58)49(8)31(20-27-14-12-11-13-15-27)38(54)46-33(25(6)51)40(56)44-30(21-50)43(59)61-26(7)34(41(57)45-32)47-37(53)24(5)36(52)22(2)3/h11-19,22-26,30-36,50-52H,10,20-21H2,1-9H3,(H,44,56)(H,45,57)(H,46,54)(H,47,53)(H,48,55)/t23-,24+,25+,26?,30?,31-,32+,33+,34?,35?,36+/m0/s1. The van der Waals surface area contributed by atoms with Crippen molar-refractivity contribution >= 4 is 41.4 Å². The molecule has 2 aromatic carbocycles. The van der Waals surface area contributed by atoms with Crippen LogP contribution in [-0.2, 0) is 44.7 Å². The molecule has 1 saturated heterocycles. The van der Waals surface area contributed by atoms with Crippen LogP contribution in [-0.4, -0.2) is 131 Å². The van der Waals surface area contributed by atoms with E-state index in [0.717, 1.165) is 4.90 Å². The molecular formula is C43H62N6O12. The molecule has 0 aliphatic carbocycles. The van der Waals surface area contributed by atoms with E-state index in [1.807, 2.05) is 0 Å². The molecule has 0 radical (unpaired) electrons. The fourth-order valence-corrected chi connectivity index (χ4v) is 6.70. The Labute approximate surface area is 356 Å². The molecule has 336 valence electrons. The molecule has 61 heavy (non-hydrogen) atoms. The first-order valence-corrected chi connectivity index (χ1v) is 20.4. The van der Waals surface area contributed by atoms with E-state index in [9.17, 15) is 48.9 Å². The normalized spacial score (nSPS) is 25.9. The van der Waals surface area contributed by atoms with Gasteiger partial charge in [0.2, 0.25) is 35.4 Å². The molecule has 0 saturated carbocycles. The molecule has 11 atom stereocenters. The van der Waals surface area contributed by atoms with Gasteiger partial charge in [-0.25, -0.2) is 4.79 Å². The number of ether oxygens (including phenoxy) is 2. The predicted octanol–water partition coefficient (Wildman–Crippen LogP) is -0.121. The molecule has 1 heterocycles. The smallest absolute Gasteiger partial charge is 0.331 e. The molecular weight excluding hydrogens is 793 g/mol. The van der Waals surface area contributed by atoms with Crippen molar-refractivity contribution in [2.45, 2.75) is 116 Å². The van der Waals surface area contributed by atoms with Gasteiger partial charge in [0.15, 0.2) is 6.04 Å². The summed E-state index contributed by atoms with van der Waals surface area (Å²) in [5.41, 5.74) is 0.903. The third-order valence-corrected chi connectivity index (χ3v) is 11.0. The number of nitrogens with zero attached hydrogens (tertiary/aromatic N) is 1. The van der Waals surface area contributed by atoms with Crippen molar-refractivity contribution < 1.29 is 58.4 Å². The maximum absolute atomic E-state index is 14.8. The van der Waals surface area contributed by atoms with Crippen molar-refractivity contribution in [2.75, 3.05) is 20.8 Å². The quantitative estimate of drug-likeness (QED) is 0.130. The van der Waals surface area contributed by atoms with Crippen LogP contribution in [0, 0.1) is 17.8 Å². The molecule has 3 rings (SSSR count). The van der Waals surface area contributed by atoms with Crippen LogP contribution in [0.5, 0.6) is 5.75 Å². The molecule has 1 aliphatic rings. The Kier molecular flexibility index (Phi) is 18.6. The fraction of sp³-hybridized carbons (Fsp3) is 0.558. The first-order chi connectivity index (χ1) is 28.7. The first-order valence-electron chi connectivity index (χ1n) is 20.4. The number of carbonyl (C=O) groups is 7. The molecule has 0 spiro atoms. The van der Waals surface area contributed by atoms with Crippen LogP contribution in [0.25, 0.3) is 0 Å². The second-order valence-electron chi connectivity index (χ2n) is 15.9. The molecule has 8 N–H and O–H groups in total. The van der Waals surface area contributed by atoms with Crippen LogP contribution in [0.15, 0.2) is 54.6 Å². The van der Waals surface area contributed by atoms with Gasteiger partial charge in [0.1, 0.15) is 42.1 Å². The Morgan fingerprint density at radius 1 is 0.836 bits per heavy atom. The third-order valence-electron chi connectivity index (χ3n) is 11.0. The minimum absolute atomic E-state index is 0.0821. The highest BCUT2D eigenvalue weighted by Crippen LogP contribution is 2.23. The van der Waals surface area contributed by atoms with Crippen LogP contribution in [0.2, 0.25) is 0 Å². The predicted molar refractivity (Wildman–Crippen MR) is 222 cm³/mol. The average molecular weight is 855 g/mol. The van der Waals surface area contributed by atoms with Crippen molar-refractivity contribution in [2.24, 2.45) is 17.8 Å². The lowest BCUT2D eigenvalue weighted by Gasteiger charge is -2.34. The second kappa shape index (κ2) is 22.9. The highest BCUT2D eigenvalue weighted by atomic mass is 16.5. The number of methoxy groups -OCH3 is 1. The lowest BCUT2D eigenvalue weighted by atomic mass is 9.93. The highest BCUT2D eigenvalue weighted by molar-refractivity contribution is 5.98. The largest absolute Gasteiger partial charge is 0.497 e. The third kappa shape index (κ3) is 13.2. The number of aliphatic hydroxyl groups excluding tert-OH is 3. The van der Waals surface area contributed by atoms with E-state index in [4.69, 9.17) is 9.47 Å². The summed E-state index contributed by atoms with van der Waals surface area (Å²) in [6.07, 6.45) is -3.94. The molecule has 2 aromatic rings. The molecule has 0 aromatic heterocycles. The Morgan fingerprint density at radius 2 is 1.43 bits per heavy atom. The Balaban J connectivity index is 2.25. The Morgan fingerprint density at radius 3 is 1.97 bits per heavy atom. The van der Waals surface area contributed by atoms with Gasteiger partial charge in [-0.2, -0.15) is 0 Å². The maximum Gasteiger partial charge on any atom is 0.331 e. The summed E-state index contributed by atoms with van der Waals surface area (Å²) >= 11 is 0. The number of amides is 6. The van der Waals surface area contributed by atoms with Gasteiger partial charge in [0, 0.05) is 13.5 Å². The number of esters is 1. The van der Waals surface area contributed by atoms with E-state index < -0.39 is 114 Å². The second-order valence-corrected chi connectivity index (χ2v) is 15.9. The topological polar surface area (TPSA) is 262 Å². The van der Waals surface area contributed by atoms with E-state index in [2.05, 4.69) is 26.6 Å². The summed E-state index contributed by atoms with van der Waals surface area (Å²) in [4.78, 5) is 99.5. The fourth-order valence-electron chi connectivity index (χ4n) is 6.70. The van der Waals surface area contributed by atoms with E-state index in [1.54, 1.807) is 82.3 Å². The minimum Gasteiger partial charge on any atom is -0.497 e. The maximum atomic E-state index is 14.8. The summed E-state index contributed by atoms with van der Waals surface area (Å²) < 4.78 is 10.9. The highest BCUT2D eigenvalue weighted by Gasteiger charge is 2.41. The molecule has 1 aliphatic heterocycles. The van der Waals surface area contributed by atoms with Crippen molar-refractivity contribution in [3.05, 3.63) is 65.7 Å². The van der Waals surface area contributed by atoms with Gasteiger partial charge in [-0.1, -0.05) is 83.5 Å². The van der Waals surface area contributed by atoms with Crippen LogP contribution in [0.1, 0.15) is 72.1 Å². The lowest BCUT2D eigenvalue weighted by molar-refractivity contribution is -0.157. The lowest BCUT2D eigenvalue weighted by Crippen LogP contribution is -2.61. The Hall–Kier alpha value is -5.59. The molecule has 1 fully saturated rings. The molecule has 4 unspecified atom stereocenters. The van der Waals surface area contributed by atoms with Crippen LogP contribution < -0.4 is 31.3 Å². The zero-order valence-corrected chi connectivity index (χ0v) is 36.2. The van der Waals surface area contributed by atoms with Crippen LogP contribution >= 0.6 is 0 Å². The monoisotopic (exact) mass is 854 g/mol. The van der Waals surface area contributed by atoms with Crippen molar-refractivity contribution in [3.63, 3.8) is 0 Å². The molecule has 18 nitrogen and oxygen atoms in total. The van der Waals surface area contributed by atoms with E-state index >= 15 is 0 Å². The first kappa shape index (κ1) is 49.8. The number of cyclic esters (lactones) is 1. The summed E-state index contributed by atoms with van der Waals surface area (Å²) in [5, 5.41) is 44.3. The molecule has 6 amide bonds. The summed E-state index contributed by atoms with van der Waals surface area (Å²) in [6, 6.07) is 5.55. The van der Waals surface area contributed by atoms with E-state index in [1.165, 1.54) is 34.9 Å². The van der Waals surface area contributed by atoms with Crippen molar-refractivity contribution in [3.8, 4) is 5.75 Å². The number of rotatable bonds is 12. The number of carbonyl (C=O) groups excluding carboxylic acids is 7. The number of benzene rings is 2. The number of aliphatic hydroxyl groups is 3. The van der Waals surface area contributed by atoms with Gasteiger partial charge in [-0.3, -0.25) is 28.8 Å². The van der Waals surface area contributed by atoms with Crippen molar-refractivity contribution in [1.82, 2.24) is 31.5 Å². The SMILES string of the molecule is CC[C@H](C)[C@H]1NC(=O)C(NC(=O)[C@H](C)[C@H](O)C(C)C)C(C)OC(=O)C(CO)NC(=O)[C@@H]([C@@H](C)O)NC(=O)[C@H](Cc2ccccc2)N(C)C(=O)C(c2ccc(OC)cc2)NC1=O. The number of hydrogen-bond donors (Lipinski definition) is 8. The van der Waals surface area contributed by atoms with Crippen LogP contribution in [0.3, 0.4) is 0 Å². The number of likely N-dealkylation sites (N-methyl/N-ethyl adjacent to an activating group) is 1. The van der Waals surface area contributed by atoms with Gasteiger partial charge < -0.3 is 56.3 Å². The van der Waals surface area contributed by atoms with Gasteiger partial charge in [-0.15, -0.1) is 0 Å². The van der Waals surface area contributed by atoms with Crippen LogP contribution in [0.4, 0.5) is 0 Å². The van der Waals surface area contributed by atoms with Gasteiger partial charge in [0.05, 0.1) is 31.8 Å². The summed E-state index contributed by atoms with van der Waals surface area (Å²) in [6.45, 7) is 9.75. The molecule has 18 heteroatoms. The van der Waals surface area contributed by atoms with Gasteiger partial charge in [0.25, 0.3) is 0 Å². The number of nitrogens with one attached hydrogen (secondary N) is 5. The summed E-state index contributed by atoms with van der Waals surface area (Å²) in [5.74, 6) is -8.09. The van der Waals surface area contributed by atoms with Gasteiger partial charge in [-0.05, 0) is 48.9 Å². The zero-order valence-electron chi connectivity index (χ0n) is 36.2. The zero-order chi connectivity index (χ0) is 45.7. The molecule has 0 bridgehead atoms. The minimum atomic E-state index is -1.79. The van der Waals surface area contributed by atoms with Gasteiger partial charge >= 0.3 is 5.97 Å². The van der Waals surface area contributed by atoms with Crippen molar-refractivity contribution in [1.29, 1.82) is 0 Å². The average Bonchev–Trinajstić information content (AvgIpc) is 3.24. The summed E-state index contributed by atoms with van der Waals surface area (Å²) in [7, 11) is 2.80. The Bertz CT molecular complexity index is 1830. The van der Waals surface area contributed by atoms with E-state index in [0.29, 0.717) is 17.7 Å². The van der Waals surface area contributed by atoms with E-state index in [-0.39, 0.29) is 17.9 Å². The number of hydrogen-bond acceptors (Lipinski definition) is 12.